The van der Waals surface area contributed by atoms with E-state index in [4.69, 9.17) is 0 Å². The normalized spacial score (nSPS) is 17.6. The lowest BCUT2D eigenvalue weighted by Gasteiger charge is -2.35. The SMILES string of the molecule is O=C1NCCN(C(=O)c2cccc3ncsc23)C1c1cccc(F)c1. The summed E-state index contributed by atoms with van der Waals surface area (Å²) in [6.45, 7) is 0.732. The predicted molar refractivity (Wildman–Crippen MR) is 92.8 cm³/mol. The minimum atomic E-state index is -0.847. The highest BCUT2D eigenvalue weighted by molar-refractivity contribution is 7.17. The molecule has 1 saturated heterocycles. The maximum absolute atomic E-state index is 13.6. The van der Waals surface area contributed by atoms with Crippen LogP contribution < -0.4 is 5.32 Å². The van der Waals surface area contributed by atoms with Crippen LogP contribution in [0.25, 0.3) is 10.2 Å². The molecule has 1 aliphatic heterocycles. The van der Waals surface area contributed by atoms with Crippen LogP contribution >= 0.6 is 11.3 Å². The van der Waals surface area contributed by atoms with E-state index in [-0.39, 0.29) is 11.8 Å². The Morgan fingerprint density at radius 3 is 2.96 bits per heavy atom. The van der Waals surface area contributed by atoms with Gasteiger partial charge in [0.05, 0.1) is 21.3 Å². The molecule has 0 aliphatic carbocycles. The van der Waals surface area contributed by atoms with Crippen LogP contribution in [0.4, 0.5) is 4.39 Å². The van der Waals surface area contributed by atoms with E-state index in [2.05, 4.69) is 10.3 Å². The molecular weight excluding hydrogens is 341 g/mol. The van der Waals surface area contributed by atoms with Crippen molar-refractivity contribution >= 4 is 33.4 Å². The van der Waals surface area contributed by atoms with Gasteiger partial charge in [0.25, 0.3) is 5.91 Å². The molecule has 4 rings (SSSR count). The van der Waals surface area contributed by atoms with Crippen molar-refractivity contribution in [2.75, 3.05) is 13.1 Å². The second-order valence-electron chi connectivity index (χ2n) is 5.75. The van der Waals surface area contributed by atoms with Gasteiger partial charge in [0.2, 0.25) is 5.91 Å². The van der Waals surface area contributed by atoms with Crippen molar-refractivity contribution in [3.05, 3.63) is 64.9 Å². The molecule has 2 heterocycles. The molecule has 1 atom stereocenters. The zero-order valence-electron chi connectivity index (χ0n) is 13.1. The summed E-state index contributed by atoms with van der Waals surface area (Å²) in [5.41, 5.74) is 3.41. The molecule has 1 fully saturated rings. The minimum Gasteiger partial charge on any atom is -0.352 e. The smallest absolute Gasteiger partial charge is 0.256 e. The average Bonchev–Trinajstić information content (AvgIpc) is 3.09. The maximum Gasteiger partial charge on any atom is 0.256 e. The van der Waals surface area contributed by atoms with E-state index in [1.807, 2.05) is 6.07 Å². The number of carbonyl (C=O) groups excluding carboxylic acids is 2. The van der Waals surface area contributed by atoms with Gasteiger partial charge >= 0.3 is 0 Å². The Kier molecular flexibility index (Phi) is 3.93. The van der Waals surface area contributed by atoms with Crippen molar-refractivity contribution in [3.8, 4) is 0 Å². The number of nitrogens with one attached hydrogen (secondary N) is 1. The number of halogens is 1. The third-order valence-corrected chi connectivity index (χ3v) is 5.10. The summed E-state index contributed by atoms with van der Waals surface area (Å²) >= 11 is 1.39. The van der Waals surface area contributed by atoms with Gasteiger partial charge in [-0.05, 0) is 29.8 Å². The zero-order valence-corrected chi connectivity index (χ0v) is 13.9. The fraction of sp³-hybridized carbons (Fsp3) is 0.167. The highest BCUT2D eigenvalue weighted by Crippen LogP contribution is 2.29. The van der Waals surface area contributed by atoms with Gasteiger partial charge in [-0.3, -0.25) is 9.59 Å². The van der Waals surface area contributed by atoms with E-state index < -0.39 is 11.9 Å². The molecule has 1 aliphatic rings. The van der Waals surface area contributed by atoms with E-state index in [1.165, 1.54) is 28.4 Å². The Hall–Kier alpha value is -2.80. The topological polar surface area (TPSA) is 62.3 Å². The van der Waals surface area contributed by atoms with Crippen LogP contribution in [0.15, 0.2) is 48.0 Å². The number of nitrogens with zero attached hydrogens (tertiary/aromatic N) is 2. The summed E-state index contributed by atoms with van der Waals surface area (Å²) in [5, 5.41) is 2.75. The quantitative estimate of drug-likeness (QED) is 0.769. The first-order valence-corrected chi connectivity index (χ1v) is 8.69. The Labute approximate surface area is 147 Å². The third-order valence-electron chi connectivity index (χ3n) is 4.22. The minimum absolute atomic E-state index is 0.251. The Morgan fingerprint density at radius 2 is 2.12 bits per heavy atom. The third kappa shape index (κ3) is 2.76. The first-order chi connectivity index (χ1) is 12.1. The molecule has 25 heavy (non-hydrogen) atoms. The second-order valence-corrected chi connectivity index (χ2v) is 6.61. The van der Waals surface area contributed by atoms with Gasteiger partial charge in [-0.2, -0.15) is 0 Å². The Bertz CT molecular complexity index is 972. The number of thiazole rings is 1. The summed E-state index contributed by atoms with van der Waals surface area (Å²) in [7, 11) is 0. The van der Waals surface area contributed by atoms with Crippen LogP contribution in [0, 0.1) is 5.82 Å². The van der Waals surface area contributed by atoms with E-state index in [1.54, 1.807) is 29.8 Å². The summed E-state index contributed by atoms with van der Waals surface area (Å²) in [4.78, 5) is 31.3. The number of hydrogen-bond donors (Lipinski definition) is 1. The van der Waals surface area contributed by atoms with Crippen LogP contribution in [-0.2, 0) is 4.79 Å². The van der Waals surface area contributed by atoms with Crippen molar-refractivity contribution in [1.29, 1.82) is 0 Å². The molecule has 0 spiro atoms. The van der Waals surface area contributed by atoms with Crippen LogP contribution in [0.3, 0.4) is 0 Å². The number of rotatable bonds is 2. The second kappa shape index (κ2) is 6.25. The number of hydrogen-bond acceptors (Lipinski definition) is 4. The highest BCUT2D eigenvalue weighted by Gasteiger charge is 2.35. The molecule has 1 unspecified atom stereocenters. The summed E-state index contributed by atoms with van der Waals surface area (Å²) in [5.74, 6) is -0.992. The van der Waals surface area contributed by atoms with Gasteiger partial charge in [0.1, 0.15) is 11.9 Å². The Balaban J connectivity index is 1.77. The van der Waals surface area contributed by atoms with Gasteiger partial charge in [-0.1, -0.05) is 18.2 Å². The number of piperazine rings is 1. The van der Waals surface area contributed by atoms with E-state index in [0.717, 1.165) is 10.2 Å². The van der Waals surface area contributed by atoms with Gasteiger partial charge in [0, 0.05) is 13.1 Å². The van der Waals surface area contributed by atoms with Crippen LogP contribution in [-0.4, -0.2) is 34.8 Å². The molecule has 1 aromatic heterocycles. The van der Waals surface area contributed by atoms with Crippen molar-refractivity contribution in [3.63, 3.8) is 0 Å². The van der Waals surface area contributed by atoms with Gasteiger partial charge in [-0.15, -0.1) is 11.3 Å². The molecule has 2 aromatic carbocycles. The molecule has 126 valence electrons. The lowest BCUT2D eigenvalue weighted by molar-refractivity contribution is -0.128. The lowest BCUT2D eigenvalue weighted by atomic mass is 10.0. The standard InChI is InChI=1S/C18H14FN3O2S/c19-12-4-1-3-11(9-12)15-17(23)20-7-8-22(15)18(24)13-5-2-6-14-16(13)25-10-21-14/h1-6,9-10,15H,7-8H2,(H,20,23). The fourth-order valence-corrected chi connectivity index (χ4v) is 3.90. The molecule has 7 heteroatoms. The van der Waals surface area contributed by atoms with Gasteiger partial charge < -0.3 is 10.2 Å². The fourth-order valence-electron chi connectivity index (χ4n) is 3.10. The number of carbonyl (C=O) groups is 2. The van der Waals surface area contributed by atoms with Gasteiger partial charge in [0.15, 0.2) is 0 Å². The summed E-state index contributed by atoms with van der Waals surface area (Å²) in [6.07, 6.45) is 0. The molecule has 0 radical (unpaired) electrons. The number of fused-ring (bicyclic) bond motifs is 1. The largest absolute Gasteiger partial charge is 0.352 e. The van der Waals surface area contributed by atoms with Crippen molar-refractivity contribution < 1.29 is 14.0 Å². The average molecular weight is 355 g/mol. The molecule has 0 bridgehead atoms. The van der Waals surface area contributed by atoms with Crippen molar-refractivity contribution in [2.45, 2.75) is 6.04 Å². The Morgan fingerprint density at radius 1 is 1.28 bits per heavy atom. The molecule has 3 aromatic rings. The molecule has 0 saturated carbocycles. The number of amides is 2. The van der Waals surface area contributed by atoms with Crippen LogP contribution in [0.2, 0.25) is 0 Å². The molecule has 2 amide bonds. The first-order valence-electron chi connectivity index (χ1n) is 7.81. The van der Waals surface area contributed by atoms with Crippen molar-refractivity contribution in [1.82, 2.24) is 15.2 Å². The van der Waals surface area contributed by atoms with E-state index in [9.17, 15) is 14.0 Å². The van der Waals surface area contributed by atoms with E-state index in [0.29, 0.717) is 24.2 Å². The number of aromatic nitrogens is 1. The summed E-state index contributed by atoms with van der Waals surface area (Å²) < 4.78 is 14.4. The zero-order chi connectivity index (χ0) is 17.4. The summed E-state index contributed by atoms with van der Waals surface area (Å²) in [6, 6.07) is 10.3. The highest BCUT2D eigenvalue weighted by atomic mass is 32.1. The van der Waals surface area contributed by atoms with E-state index >= 15 is 0 Å². The monoisotopic (exact) mass is 355 g/mol. The van der Waals surface area contributed by atoms with Gasteiger partial charge in [-0.25, -0.2) is 9.37 Å². The van der Waals surface area contributed by atoms with Crippen molar-refractivity contribution in [2.24, 2.45) is 0 Å². The van der Waals surface area contributed by atoms with Crippen LogP contribution in [0.1, 0.15) is 22.0 Å². The number of benzene rings is 2. The van der Waals surface area contributed by atoms with Crippen LogP contribution in [0.5, 0.6) is 0 Å². The maximum atomic E-state index is 13.6. The first kappa shape index (κ1) is 15.7. The predicted octanol–water partition coefficient (Wildman–Crippen LogP) is 2.75. The molecular formula is C18H14FN3O2S. The molecule has 5 nitrogen and oxygen atoms in total. The lowest BCUT2D eigenvalue weighted by Crippen LogP contribution is -2.52. The molecule has 1 N–H and O–H groups in total.